The SMILES string of the molecule is c1ccc(-n2c(Sc3nc4ccccc4s3)nnc2C2CC2)cc1. The van der Waals surface area contributed by atoms with Crippen molar-refractivity contribution in [3.63, 3.8) is 0 Å². The highest BCUT2D eigenvalue weighted by Gasteiger charge is 2.31. The van der Waals surface area contributed by atoms with Gasteiger partial charge in [-0.1, -0.05) is 30.3 Å². The van der Waals surface area contributed by atoms with Gasteiger partial charge in [-0.2, -0.15) is 0 Å². The minimum Gasteiger partial charge on any atom is -0.273 e. The van der Waals surface area contributed by atoms with Crippen molar-refractivity contribution in [3.05, 3.63) is 60.4 Å². The smallest absolute Gasteiger partial charge is 0.202 e. The number of fused-ring (bicyclic) bond motifs is 1. The topological polar surface area (TPSA) is 43.6 Å². The number of hydrogen-bond acceptors (Lipinski definition) is 5. The van der Waals surface area contributed by atoms with Crippen LogP contribution in [-0.4, -0.2) is 19.7 Å². The van der Waals surface area contributed by atoms with Crippen LogP contribution in [0.2, 0.25) is 0 Å². The Labute approximate surface area is 147 Å². The van der Waals surface area contributed by atoms with Gasteiger partial charge in [0.25, 0.3) is 0 Å². The van der Waals surface area contributed by atoms with Crippen molar-refractivity contribution in [3.8, 4) is 5.69 Å². The highest BCUT2D eigenvalue weighted by molar-refractivity contribution is 8.01. The monoisotopic (exact) mass is 350 g/mol. The van der Waals surface area contributed by atoms with Crippen LogP contribution in [0.1, 0.15) is 24.6 Å². The number of aromatic nitrogens is 4. The summed E-state index contributed by atoms with van der Waals surface area (Å²) >= 11 is 3.30. The van der Waals surface area contributed by atoms with Crippen LogP contribution >= 0.6 is 23.1 Å². The Morgan fingerprint density at radius 2 is 1.75 bits per heavy atom. The molecular formula is C18H14N4S2. The molecule has 118 valence electrons. The Morgan fingerprint density at radius 1 is 0.958 bits per heavy atom. The molecule has 0 N–H and O–H groups in total. The number of benzene rings is 2. The van der Waals surface area contributed by atoms with Crippen molar-refractivity contribution >= 4 is 33.3 Å². The van der Waals surface area contributed by atoms with Gasteiger partial charge < -0.3 is 0 Å². The van der Waals surface area contributed by atoms with Gasteiger partial charge in [0.1, 0.15) is 5.82 Å². The lowest BCUT2D eigenvalue weighted by molar-refractivity contribution is 0.829. The van der Waals surface area contributed by atoms with Crippen molar-refractivity contribution in [2.24, 2.45) is 0 Å². The number of nitrogens with zero attached hydrogens (tertiary/aromatic N) is 4. The zero-order valence-electron chi connectivity index (χ0n) is 12.8. The van der Waals surface area contributed by atoms with E-state index < -0.39 is 0 Å². The summed E-state index contributed by atoms with van der Waals surface area (Å²) in [4.78, 5) is 4.71. The van der Waals surface area contributed by atoms with E-state index in [-0.39, 0.29) is 0 Å². The van der Waals surface area contributed by atoms with Gasteiger partial charge >= 0.3 is 0 Å². The molecule has 2 aromatic heterocycles. The molecule has 5 rings (SSSR count). The number of rotatable bonds is 4. The van der Waals surface area contributed by atoms with E-state index in [1.165, 1.54) is 17.5 Å². The summed E-state index contributed by atoms with van der Waals surface area (Å²) in [5.74, 6) is 1.62. The van der Waals surface area contributed by atoms with Gasteiger partial charge in [-0.15, -0.1) is 21.5 Å². The molecule has 4 aromatic rings. The normalized spacial score (nSPS) is 14.3. The predicted molar refractivity (Wildman–Crippen MR) is 97.1 cm³/mol. The van der Waals surface area contributed by atoms with Crippen LogP contribution in [0.5, 0.6) is 0 Å². The molecule has 0 bridgehead atoms. The lowest BCUT2D eigenvalue weighted by Gasteiger charge is -2.08. The second-order valence-electron chi connectivity index (χ2n) is 5.84. The first kappa shape index (κ1) is 14.2. The highest BCUT2D eigenvalue weighted by Crippen LogP contribution is 2.42. The Hall–Kier alpha value is -2.18. The zero-order chi connectivity index (χ0) is 15.9. The average molecular weight is 350 g/mol. The molecular weight excluding hydrogens is 336 g/mol. The largest absolute Gasteiger partial charge is 0.273 e. The molecule has 2 aromatic carbocycles. The van der Waals surface area contributed by atoms with Crippen LogP contribution in [0, 0.1) is 0 Å². The summed E-state index contributed by atoms with van der Waals surface area (Å²) in [6, 6.07) is 18.6. The third-order valence-corrected chi connectivity index (χ3v) is 6.11. The number of hydrogen-bond donors (Lipinski definition) is 0. The maximum Gasteiger partial charge on any atom is 0.202 e. The minimum absolute atomic E-state index is 0.544. The van der Waals surface area contributed by atoms with Crippen molar-refractivity contribution in [1.82, 2.24) is 19.7 Å². The Kier molecular flexibility index (Phi) is 3.38. The predicted octanol–water partition coefficient (Wildman–Crippen LogP) is 4.91. The Bertz CT molecular complexity index is 969. The first-order valence-electron chi connectivity index (χ1n) is 7.92. The van der Waals surface area contributed by atoms with Crippen LogP contribution in [0.25, 0.3) is 15.9 Å². The van der Waals surface area contributed by atoms with Gasteiger partial charge in [0, 0.05) is 11.6 Å². The maximum atomic E-state index is 4.71. The molecule has 1 aliphatic carbocycles. The lowest BCUT2D eigenvalue weighted by atomic mass is 10.3. The van der Waals surface area contributed by atoms with Gasteiger partial charge in [-0.05, 0) is 48.9 Å². The second-order valence-corrected chi connectivity index (χ2v) is 8.08. The second kappa shape index (κ2) is 5.72. The van der Waals surface area contributed by atoms with Gasteiger partial charge in [0.15, 0.2) is 4.34 Å². The van der Waals surface area contributed by atoms with Crippen molar-refractivity contribution < 1.29 is 0 Å². The van der Waals surface area contributed by atoms with Crippen LogP contribution < -0.4 is 0 Å². The van der Waals surface area contributed by atoms with Crippen molar-refractivity contribution in [2.45, 2.75) is 28.3 Å². The summed E-state index contributed by atoms with van der Waals surface area (Å²) in [5, 5.41) is 9.83. The summed E-state index contributed by atoms with van der Waals surface area (Å²) in [6.45, 7) is 0. The fraction of sp³-hybridized carbons (Fsp3) is 0.167. The molecule has 0 aliphatic heterocycles. The van der Waals surface area contributed by atoms with Crippen LogP contribution in [0.3, 0.4) is 0 Å². The van der Waals surface area contributed by atoms with Crippen LogP contribution in [-0.2, 0) is 0 Å². The molecule has 0 atom stereocenters. The Balaban J connectivity index is 1.58. The summed E-state index contributed by atoms with van der Waals surface area (Å²) in [6.07, 6.45) is 2.41. The van der Waals surface area contributed by atoms with E-state index in [9.17, 15) is 0 Å². The molecule has 0 saturated heterocycles. The molecule has 2 heterocycles. The fourth-order valence-corrected chi connectivity index (χ4v) is 4.77. The average Bonchev–Trinajstić information content (AvgIpc) is 3.25. The molecule has 0 unspecified atom stereocenters. The molecule has 0 amide bonds. The maximum absolute atomic E-state index is 4.71. The first-order valence-corrected chi connectivity index (χ1v) is 9.56. The van der Waals surface area contributed by atoms with E-state index in [1.54, 1.807) is 23.1 Å². The number of thiazole rings is 1. The zero-order valence-corrected chi connectivity index (χ0v) is 14.4. The van der Waals surface area contributed by atoms with Gasteiger partial charge in [-0.3, -0.25) is 4.57 Å². The molecule has 4 nitrogen and oxygen atoms in total. The Morgan fingerprint density at radius 3 is 2.54 bits per heavy atom. The van der Waals surface area contributed by atoms with E-state index in [4.69, 9.17) is 4.98 Å². The molecule has 1 fully saturated rings. The third kappa shape index (κ3) is 2.52. The molecule has 6 heteroatoms. The van der Waals surface area contributed by atoms with E-state index in [1.807, 2.05) is 24.3 Å². The standard InChI is InChI=1S/C18H14N4S2/c1-2-6-13(7-3-1)22-16(12-10-11-12)20-21-17(22)24-18-19-14-8-4-5-9-15(14)23-18/h1-9,12H,10-11H2. The third-order valence-electron chi connectivity index (χ3n) is 4.07. The summed E-state index contributed by atoms with van der Waals surface area (Å²) in [7, 11) is 0. The van der Waals surface area contributed by atoms with Gasteiger partial charge in [0.05, 0.1) is 10.2 Å². The first-order chi connectivity index (χ1) is 11.9. The van der Waals surface area contributed by atoms with Crippen molar-refractivity contribution in [2.75, 3.05) is 0 Å². The van der Waals surface area contributed by atoms with E-state index in [2.05, 4.69) is 45.1 Å². The van der Waals surface area contributed by atoms with Crippen LogP contribution in [0.15, 0.2) is 64.1 Å². The van der Waals surface area contributed by atoms with Crippen molar-refractivity contribution in [1.29, 1.82) is 0 Å². The van der Waals surface area contributed by atoms with Crippen LogP contribution in [0.4, 0.5) is 0 Å². The molecule has 1 aliphatic rings. The lowest BCUT2D eigenvalue weighted by Crippen LogP contribution is -2.01. The van der Waals surface area contributed by atoms with E-state index in [0.29, 0.717) is 5.92 Å². The van der Waals surface area contributed by atoms with E-state index >= 15 is 0 Å². The van der Waals surface area contributed by atoms with Gasteiger partial charge in [0.2, 0.25) is 5.16 Å². The van der Waals surface area contributed by atoms with Gasteiger partial charge in [-0.25, -0.2) is 4.98 Å². The highest BCUT2D eigenvalue weighted by atomic mass is 32.2. The molecule has 0 spiro atoms. The summed E-state index contributed by atoms with van der Waals surface area (Å²) in [5.41, 5.74) is 2.16. The molecule has 24 heavy (non-hydrogen) atoms. The quantitative estimate of drug-likeness (QED) is 0.525. The number of para-hydroxylation sites is 2. The molecule has 0 radical (unpaired) electrons. The summed E-state index contributed by atoms with van der Waals surface area (Å²) < 4.78 is 4.39. The minimum atomic E-state index is 0.544. The fourth-order valence-electron chi connectivity index (χ4n) is 2.75. The molecule has 1 saturated carbocycles. The van der Waals surface area contributed by atoms with E-state index in [0.717, 1.165) is 26.5 Å².